The van der Waals surface area contributed by atoms with Gasteiger partial charge in [0.25, 0.3) is 5.91 Å². The molecular formula is C15H18N2O3. The van der Waals surface area contributed by atoms with Crippen molar-refractivity contribution in [3.05, 3.63) is 42.0 Å². The molecule has 5 heteroatoms. The lowest BCUT2D eigenvalue weighted by Gasteiger charge is -2.18. The number of carbonyl (C=O) groups excluding carboxylic acids is 3. The van der Waals surface area contributed by atoms with Crippen LogP contribution in [0.15, 0.2) is 36.4 Å². The summed E-state index contributed by atoms with van der Waals surface area (Å²) in [5.74, 6) is -2.29. The molecule has 1 atom stereocenters. The van der Waals surface area contributed by atoms with E-state index in [2.05, 4.69) is 0 Å². The first kappa shape index (κ1) is 15.6. The van der Waals surface area contributed by atoms with Gasteiger partial charge in [-0.05, 0) is 11.6 Å². The summed E-state index contributed by atoms with van der Waals surface area (Å²) in [4.78, 5) is 35.6. The third kappa shape index (κ3) is 4.68. The van der Waals surface area contributed by atoms with Gasteiger partial charge in [0.15, 0.2) is 0 Å². The molecule has 0 saturated heterocycles. The molecule has 0 aliphatic heterocycles. The highest BCUT2D eigenvalue weighted by Crippen LogP contribution is 2.03. The lowest BCUT2D eigenvalue weighted by Crippen LogP contribution is -2.39. The molecule has 1 aromatic carbocycles. The van der Waals surface area contributed by atoms with Crippen molar-refractivity contribution in [2.45, 2.75) is 6.92 Å². The number of hydrogen-bond acceptors (Lipinski definition) is 3. The van der Waals surface area contributed by atoms with Crippen LogP contribution in [0.4, 0.5) is 0 Å². The summed E-state index contributed by atoms with van der Waals surface area (Å²) in [5, 5.41) is 0. The van der Waals surface area contributed by atoms with Crippen LogP contribution in [0.1, 0.15) is 12.5 Å². The van der Waals surface area contributed by atoms with Crippen LogP contribution in [0.5, 0.6) is 0 Å². The largest absolute Gasteiger partial charge is 0.369 e. The summed E-state index contributed by atoms with van der Waals surface area (Å²) in [6.07, 6.45) is 2.80. The Morgan fingerprint density at radius 1 is 1.25 bits per heavy atom. The molecular weight excluding hydrogens is 256 g/mol. The Hall–Kier alpha value is -2.43. The van der Waals surface area contributed by atoms with Crippen molar-refractivity contribution >= 4 is 23.7 Å². The van der Waals surface area contributed by atoms with Gasteiger partial charge in [-0.3, -0.25) is 14.4 Å². The number of nitrogens with two attached hydrogens (primary N) is 1. The molecule has 5 nitrogen and oxygen atoms in total. The van der Waals surface area contributed by atoms with E-state index in [1.807, 2.05) is 30.3 Å². The average Bonchev–Trinajstić information content (AvgIpc) is 2.44. The summed E-state index contributed by atoms with van der Waals surface area (Å²) in [6, 6.07) is 9.20. The summed E-state index contributed by atoms with van der Waals surface area (Å²) >= 11 is 0. The van der Waals surface area contributed by atoms with Crippen LogP contribution in [0, 0.1) is 5.92 Å². The number of ketones is 1. The van der Waals surface area contributed by atoms with E-state index in [-0.39, 0.29) is 6.54 Å². The maximum absolute atomic E-state index is 11.8. The van der Waals surface area contributed by atoms with Gasteiger partial charge in [0.1, 0.15) is 0 Å². The molecule has 0 spiro atoms. The van der Waals surface area contributed by atoms with Gasteiger partial charge in [-0.15, -0.1) is 0 Å². The van der Waals surface area contributed by atoms with Crippen LogP contribution in [0.25, 0.3) is 6.08 Å². The van der Waals surface area contributed by atoms with Gasteiger partial charge in [-0.25, -0.2) is 0 Å². The molecule has 1 unspecified atom stereocenters. The molecule has 0 aliphatic carbocycles. The number of likely N-dealkylation sites (N-methyl/N-ethyl adjacent to an activating group) is 1. The predicted octanol–water partition coefficient (Wildman–Crippen LogP) is 0.849. The van der Waals surface area contributed by atoms with Crippen LogP contribution in [-0.2, 0) is 14.4 Å². The van der Waals surface area contributed by atoms with E-state index in [4.69, 9.17) is 5.73 Å². The van der Waals surface area contributed by atoms with Gasteiger partial charge in [-0.2, -0.15) is 0 Å². The van der Waals surface area contributed by atoms with E-state index in [9.17, 15) is 14.4 Å². The topological polar surface area (TPSA) is 80.5 Å². The molecule has 2 amide bonds. The summed E-state index contributed by atoms with van der Waals surface area (Å²) in [5.41, 5.74) is 5.95. The fraction of sp³-hybridized carbons (Fsp3) is 0.267. The minimum Gasteiger partial charge on any atom is -0.369 e. The molecule has 0 aromatic heterocycles. The zero-order chi connectivity index (χ0) is 15.1. The Kier molecular flexibility index (Phi) is 5.65. The molecule has 0 aliphatic rings. The average molecular weight is 274 g/mol. The Labute approximate surface area is 118 Å². The second-order valence-corrected chi connectivity index (χ2v) is 4.60. The van der Waals surface area contributed by atoms with Crippen LogP contribution < -0.4 is 5.73 Å². The van der Waals surface area contributed by atoms with Crippen LogP contribution in [0.2, 0.25) is 0 Å². The molecule has 106 valence electrons. The number of nitrogens with zero attached hydrogens (tertiary/aromatic N) is 1. The SMILES string of the molecule is CC(CN(C)C(=O)C(=O)/C=C/c1ccccc1)C(N)=O. The molecule has 0 fully saturated rings. The van der Waals surface area contributed by atoms with Crippen molar-refractivity contribution < 1.29 is 14.4 Å². The molecule has 0 radical (unpaired) electrons. The monoisotopic (exact) mass is 274 g/mol. The molecule has 20 heavy (non-hydrogen) atoms. The first-order chi connectivity index (χ1) is 9.41. The maximum atomic E-state index is 11.8. The fourth-order valence-electron chi connectivity index (χ4n) is 1.58. The van der Waals surface area contributed by atoms with E-state index >= 15 is 0 Å². The first-order valence-electron chi connectivity index (χ1n) is 6.23. The Balaban J connectivity index is 2.61. The Morgan fingerprint density at radius 3 is 2.40 bits per heavy atom. The van der Waals surface area contributed by atoms with Gasteiger partial charge in [0.2, 0.25) is 11.7 Å². The molecule has 2 N–H and O–H groups in total. The third-order valence-electron chi connectivity index (χ3n) is 2.82. The zero-order valence-electron chi connectivity index (χ0n) is 11.6. The molecule has 1 aromatic rings. The highest BCUT2D eigenvalue weighted by molar-refractivity contribution is 6.41. The van der Waals surface area contributed by atoms with Crippen molar-refractivity contribution in [2.24, 2.45) is 11.7 Å². The standard InChI is InChI=1S/C15H18N2O3/c1-11(14(16)19)10-17(2)15(20)13(18)9-8-12-6-4-3-5-7-12/h3-9,11H,10H2,1-2H3,(H2,16,19)/b9-8+. The Bertz CT molecular complexity index is 523. The Morgan fingerprint density at radius 2 is 1.85 bits per heavy atom. The molecule has 0 saturated carbocycles. The maximum Gasteiger partial charge on any atom is 0.294 e. The number of rotatable bonds is 6. The van der Waals surface area contributed by atoms with Crippen LogP contribution >= 0.6 is 0 Å². The van der Waals surface area contributed by atoms with E-state index < -0.39 is 23.5 Å². The van der Waals surface area contributed by atoms with Gasteiger partial charge in [-0.1, -0.05) is 43.3 Å². The quantitative estimate of drug-likeness (QED) is 0.617. The van der Waals surface area contributed by atoms with Crippen molar-refractivity contribution in [3.8, 4) is 0 Å². The minimum atomic E-state index is -0.662. The number of hydrogen-bond donors (Lipinski definition) is 1. The van der Waals surface area contributed by atoms with E-state index in [1.54, 1.807) is 13.0 Å². The van der Waals surface area contributed by atoms with Crippen LogP contribution in [0.3, 0.4) is 0 Å². The van der Waals surface area contributed by atoms with Crippen molar-refractivity contribution in [1.29, 1.82) is 0 Å². The van der Waals surface area contributed by atoms with Crippen LogP contribution in [-0.4, -0.2) is 36.1 Å². The summed E-state index contributed by atoms with van der Waals surface area (Å²) in [7, 11) is 1.47. The van der Waals surface area contributed by atoms with Crippen molar-refractivity contribution in [1.82, 2.24) is 4.90 Å². The predicted molar refractivity (Wildman–Crippen MR) is 76.5 cm³/mol. The first-order valence-corrected chi connectivity index (χ1v) is 6.23. The van der Waals surface area contributed by atoms with Crippen molar-refractivity contribution in [2.75, 3.05) is 13.6 Å². The number of carbonyl (C=O) groups is 3. The lowest BCUT2D eigenvalue weighted by atomic mass is 10.1. The number of amides is 2. The minimum absolute atomic E-state index is 0.124. The summed E-state index contributed by atoms with van der Waals surface area (Å²) < 4.78 is 0. The normalized spacial score (nSPS) is 12.1. The van der Waals surface area contributed by atoms with Gasteiger partial charge in [0.05, 0.1) is 5.92 Å². The summed E-state index contributed by atoms with van der Waals surface area (Å²) in [6.45, 7) is 1.73. The second-order valence-electron chi connectivity index (χ2n) is 4.60. The van der Waals surface area contributed by atoms with Gasteiger partial charge in [0, 0.05) is 13.6 Å². The van der Waals surface area contributed by atoms with E-state index in [1.165, 1.54) is 18.0 Å². The molecule has 0 heterocycles. The smallest absolute Gasteiger partial charge is 0.294 e. The number of benzene rings is 1. The zero-order valence-corrected chi connectivity index (χ0v) is 11.6. The van der Waals surface area contributed by atoms with Crippen molar-refractivity contribution in [3.63, 3.8) is 0 Å². The van der Waals surface area contributed by atoms with E-state index in [0.29, 0.717) is 0 Å². The lowest BCUT2D eigenvalue weighted by molar-refractivity contribution is -0.142. The van der Waals surface area contributed by atoms with Gasteiger partial charge < -0.3 is 10.6 Å². The fourth-order valence-corrected chi connectivity index (χ4v) is 1.58. The second kappa shape index (κ2) is 7.23. The number of primary amides is 1. The van der Waals surface area contributed by atoms with E-state index in [0.717, 1.165) is 5.56 Å². The molecule has 1 rings (SSSR count). The highest BCUT2D eigenvalue weighted by Gasteiger charge is 2.19. The van der Waals surface area contributed by atoms with Gasteiger partial charge >= 0.3 is 0 Å². The molecule has 0 bridgehead atoms. The third-order valence-corrected chi connectivity index (χ3v) is 2.82. The highest BCUT2D eigenvalue weighted by atomic mass is 16.2.